The maximum absolute atomic E-state index is 5.73. The molecule has 1 aliphatic rings. The number of fused-ring (bicyclic) bond motifs is 1. The van der Waals surface area contributed by atoms with Crippen LogP contribution in [0.3, 0.4) is 0 Å². The number of ether oxygens (including phenoxy) is 2. The van der Waals surface area contributed by atoms with E-state index in [1.165, 1.54) is 6.42 Å². The Kier molecular flexibility index (Phi) is 10.6. The van der Waals surface area contributed by atoms with E-state index in [0.29, 0.717) is 13.2 Å². The molecular weight excluding hydrogens is 431 g/mol. The third-order valence-corrected chi connectivity index (χ3v) is 3.94. The quantitative estimate of drug-likeness (QED) is 0.371. The molecule has 0 aliphatic carbocycles. The van der Waals surface area contributed by atoms with Crippen LogP contribution in [-0.4, -0.2) is 57.3 Å². The maximum Gasteiger partial charge on any atom is 0.195 e. The first-order chi connectivity index (χ1) is 11.8. The van der Waals surface area contributed by atoms with Gasteiger partial charge in [-0.1, -0.05) is 13.8 Å². The first-order valence-electron chi connectivity index (χ1n) is 8.86. The first kappa shape index (κ1) is 21.8. The lowest BCUT2D eigenvalue weighted by Gasteiger charge is -2.20. The minimum absolute atomic E-state index is 0. The standard InChI is InChI=1S/C18H30N4O2.HI/c1-4-10-22(5-2)11-9-20-18(19-3)21-15-7-8-16-17(14-15)24-13-6-12-23-16;/h7-8,14H,4-6,9-13H2,1-3H3,(H2,19,20,21);1H. The zero-order chi connectivity index (χ0) is 17.2. The molecule has 0 radical (unpaired) electrons. The van der Waals surface area contributed by atoms with E-state index < -0.39 is 0 Å². The Bertz CT molecular complexity index is 540. The Hall–Kier alpha value is -1.22. The molecule has 0 fully saturated rings. The molecule has 0 spiro atoms. The predicted molar refractivity (Wildman–Crippen MR) is 115 cm³/mol. The lowest BCUT2D eigenvalue weighted by atomic mass is 10.3. The van der Waals surface area contributed by atoms with Crippen molar-refractivity contribution < 1.29 is 9.47 Å². The SMILES string of the molecule is CCCN(CC)CCNC(=NC)Nc1ccc2c(c1)OCCCO2.I. The van der Waals surface area contributed by atoms with Gasteiger partial charge in [-0.2, -0.15) is 0 Å². The summed E-state index contributed by atoms with van der Waals surface area (Å²) >= 11 is 0. The first-order valence-corrected chi connectivity index (χ1v) is 8.86. The molecule has 6 nitrogen and oxygen atoms in total. The average Bonchev–Trinajstić information content (AvgIpc) is 2.84. The van der Waals surface area contributed by atoms with E-state index in [1.54, 1.807) is 7.05 Å². The summed E-state index contributed by atoms with van der Waals surface area (Å²) in [6.07, 6.45) is 2.09. The summed E-state index contributed by atoms with van der Waals surface area (Å²) in [7, 11) is 1.78. The number of nitrogens with zero attached hydrogens (tertiary/aromatic N) is 2. The third-order valence-electron chi connectivity index (χ3n) is 3.94. The van der Waals surface area contributed by atoms with Crippen molar-refractivity contribution in [2.45, 2.75) is 26.7 Å². The molecule has 0 unspecified atom stereocenters. The number of guanidine groups is 1. The maximum atomic E-state index is 5.73. The second-order valence-electron chi connectivity index (χ2n) is 5.77. The number of aliphatic imine (C=N–C) groups is 1. The van der Waals surface area contributed by atoms with Crippen molar-refractivity contribution >= 4 is 35.6 Å². The highest BCUT2D eigenvalue weighted by molar-refractivity contribution is 14.0. The van der Waals surface area contributed by atoms with Gasteiger partial charge >= 0.3 is 0 Å². The smallest absolute Gasteiger partial charge is 0.195 e. The van der Waals surface area contributed by atoms with E-state index in [0.717, 1.165) is 55.7 Å². The molecule has 1 aliphatic heterocycles. The summed E-state index contributed by atoms with van der Waals surface area (Å²) in [5.74, 6) is 2.35. The van der Waals surface area contributed by atoms with Gasteiger partial charge in [0.05, 0.1) is 13.2 Å². The van der Waals surface area contributed by atoms with Gasteiger partial charge < -0.3 is 25.0 Å². The van der Waals surface area contributed by atoms with Crippen LogP contribution in [0, 0.1) is 0 Å². The fraction of sp³-hybridized carbons (Fsp3) is 0.611. The number of likely N-dealkylation sites (N-methyl/N-ethyl adjacent to an activating group) is 1. The van der Waals surface area contributed by atoms with Crippen LogP contribution >= 0.6 is 24.0 Å². The van der Waals surface area contributed by atoms with Crippen molar-refractivity contribution in [3.63, 3.8) is 0 Å². The Morgan fingerprint density at radius 3 is 2.60 bits per heavy atom. The van der Waals surface area contributed by atoms with Crippen molar-refractivity contribution in [2.24, 2.45) is 4.99 Å². The van der Waals surface area contributed by atoms with Crippen LogP contribution in [0.1, 0.15) is 26.7 Å². The predicted octanol–water partition coefficient (Wildman–Crippen LogP) is 3.19. The van der Waals surface area contributed by atoms with E-state index in [-0.39, 0.29) is 24.0 Å². The molecule has 0 amide bonds. The normalized spacial score (nSPS) is 13.8. The molecular formula is C18H31IN4O2. The number of hydrogen-bond acceptors (Lipinski definition) is 4. The van der Waals surface area contributed by atoms with Gasteiger partial charge in [0, 0.05) is 38.3 Å². The number of hydrogen-bond donors (Lipinski definition) is 2. The van der Waals surface area contributed by atoms with Gasteiger partial charge in [-0.25, -0.2) is 0 Å². The van der Waals surface area contributed by atoms with E-state index in [4.69, 9.17) is 9.47 Å². The van der Waals surface area contributed by atoms with Crippen LogP contribution in [0.15, 0.2) is 23.2 Å². The molecule has 25 heavy (non-hydrogen) atoms. The number of anilines is 1. The third kappa shape index (κ3) is 7.27. The van der Waals surface area contributed by atoms with E-state index in [9.17, 15) is 0 Å². The summed E-state index contributed by atoms with van der Waals surface area (Å²) < 4.78 is 11.4. The summed E-state index contributed by atoms with van der Waals surface area (Å²) in [6, 6.07) is 5.88. The van der Waals surface area contributed by atoms with Gasteiger partial charge in [-0.3, -0.25) is 4.99 Å². The van der Waals surface area contributed by atoms with Crippen molar-refractivity contribution in [1.82, 2.24) is 10.2 Å². The fourth-order valence-electron chi connectivity index (χ4n) is 2.63. The topological polar surface area (TPSA) is 58.1 Å². The van der Waals surface area contributed by atoms with E-state index >= 15 is 0 Å². The van der Waals surface area contributed by atoms with Gasteiger partial charge in [0.15, 0.2) is 17.5 Å². The zero-order valence-corrected chi connectivity index (χ0v) is 17.8. The molecule has 2 N–H and O–H groups in total. The van der Waals surface area contributed by atoms with Gasteiger partial charge in [-0.05, 0) is 31.6 Å². The molecule has 1 heterocycles. The monoisotopic (exact) mass is 462 g/mol. The summed E-state index contributed by atoms with van der Waals surface area (Å²) in [5.41, 5.74) is 0.938. The molecule has 1 aromatic rings. The van der Waals surface area contributed by atoms with Crippen molar-refractivity contribution in [1.29, 1.82) is 0 Å². The minimum Gasteiger partial charge on any atom is -0.490 e. The van der Waals surface area contributed by atoms with Crippen LogP contribution in [0.4, 0.5) is 5.69 Å². The molecule has 142 valence electrons. The number of nitrogens with one attached hydrogen (secondary N) is 2. The zero-order valence-electron chi connectivity index (χ0n) is 15.5. The van der Waals surface area contributed by atoms with Crippen LogP contribution < -0.4 is 20.1 Å². The molecule has 2 rings (SSSR count). The van der Waals surface area contributed by atoms with Crippen LogP contribution in [-0.2, 0) is 0 Å². The summed E-state index contributed by atoms with van der Waals surface area (Å²) in [5, 5.41) is 6.67. The van der Waals surface area contributed by atoms with Crippen molar-refractivity contribution in [3.8, 4) is 11.5 Å². The Labute approximate surface area is 168 Å². The lowest BCUT2D eigenvalue weighted by molar-refractivity contribution is 0.293. The fourth-order valence-corrected chi connectivity index (χ4v) is 2.63. The Morgan fingerprint density at radius 2 is 1.92 bits per heavy atom. The average molecular weight is 462 g/mol. The van der Waals surface area contributed by atoms with Gasteiger partial charge in [-0.15, -0.1) is 24.0 Å². The highest BCUT2D eigenvalue weighted by atomic mass is 127. The Balaban J connectivity index is 0.00000312. The molecule has 0 atom stereocenters. The summed E-state index contributed by atoms with van der Waals surface area (Å²) in [4.78, 5) is 6.71. The van der Waals surface area contributed by atoms with Gasteiger partial charge in [0.1, 0.15) is 0 Å². The largest absolute Gasteiger partial charge is 0.490 e. The molecule has 7 heteroatoms. The van der Waals surface area contributed by atoms with E-state index in [2.05, 4.69) is 34.4 Å². The molecule has 0 saturated carbocycles. The number of benzene rings is 1. The lowest BCUT2D eigenvalue weighted by Crippen LogP contribution is -2.38. The number of halogens is 1. The highest BCUT2D eigenvalue weighted by Crippen LogP contribution is 2.32. The van der Waals surface area contributed by atoms with Crippen LogP contribution in [0.5, 0.6) is 11.5 Å². The second-order valence-corrected chi connectivity index (χ2v) is 5.77. The highest BCUT2D eigenvalue weighted by Gasteiger charge is 2.11. The second kappa shape index (κ2) is 12.2. The van der Waals surface area contributed by atoms with Gasteiger partial charge in [0.2, 0.25) is 0 Å². The number of rotatable bonds is 7. The van der Waals surface area contributed by atoms with Crippen molar-refractivity contribution in [3.05, 3.63) is 18.2 Å². The van der Waals surface area contributed by atoms with Crippen LogP contribution in [0.2, 0.25) is 0 Å². The molecule has 0 aromatic heterocycles. The molecule has 1 aromatic carbocycles. The van der Waals surface area contributed by atoms with Crippen LogP contribution in [0.25, 0.3) is 0 Å². The Morgan fingerprint density at radius 1 is 1.16 bits per heavy atom. The molecule has 0 saturated heterocycles. The summed E-state index contributed by atoms with van der Waals surface area (Å²) in [6.45, 7) is 9.86. The van der Waals surface area contributed by atoms with Crippen molar-refractivity contribution in [2.75, 3.05) is 51.8 Å². The van der Waals surface area contributed by atoms with E-state index in [1.807, 2.05) is 18.2 Å². The molecule has 0 bridgehead atoms. The minimum atomic E-state index is 0. The van der Waals surface area contributed by atoms with Gasteiger partial charge in [0.25, 0.3) is 0 Å².